The molecule has 2 aliphatic rings. The van der Waals surface area contributed by atoms with Gasteiger partial charge in [-0.2, -0.15) is 4.98 Å². The molecule has 4 nitrogen and oxygen atoms in total. The van der Waals surface area contributed by atoms with Crippen molar-refractivity contribution < 1.29 is 0 Å². The zero-order chi connectivity index (χ0) is 17.2. The van der Waals surface area contributed by atoms with E-state index in [1.165, 1.54) is 44.9 Å². The number of aromatic nitrogens is 2. The van der Waals surface area contributed by atoms with Crippen molar-refractivity contribution in [2.45, 2.75) is 56.9 Å². The number of anilines is 3. The van der Waals surface area contributed by atoms with Crippen LogP contribution in [0.2, 0.25) is 10.0 Å². The van der Waals surface area contributed by atoms with Crippen LogP contribution in [-0.2, 0) is 0 Å². The third kappa shape index (κ3) is 4.36. The Balaban J connectivity index is 1.58. The van der Waals surface area contributed by atoms with E-state index in [-0.39, 0.29) is 0 Å². The fraction of sp³-hybridized carbons (Fsp3) is 0.474. The minimum absolute atomic E-state index is 0.478. The van der Waals surface area contributed by atoms with Gasteiger partial charge < -0.3 is 10.6 Å². The summed E-state index contributed by atoms with van der Waals surface area (Å²) in [7, 11) is 0. The van der Waals surface area contributed by atoms with Crippen molar-refractivity contribution in [3.05, 3.63) is 40.0 Å². The zero-order valence-electron chi connectivity index (χ0n) is 14.1. The molecule has 2 aliphatic carbocycles. The lowest BCUT2D eigenvalue weighted by molar-refractivity contribution is 0.460. The van der Waals surface area contributed by atoms with E-state index in [1.54, 1.807) is 12.1 Å². The van der Waals surface area contributed by atoms with Crippen LogP contribution in [0.15, 0.2) is 24.3 Å². The monoisotopic (exact) mass is 376 g/mol. The second kappa shape index (κ2) is 7.38. The van der Waals surface area contributed by atoms with Gasteiger partial charge in [-0.1, -0.05) is 42.5 Å². The summed E-state index contributed by atoms with van der Waals surface area (Å²) in [6.45, 7) is 0. The van der Waals surface area contributed by atoms with Crippen LogP contribution in [-0.4, -0.2) is 16.0 Å². The minimum atomic E-state index is 0.478. The summed E-state index contributed by atoms with van der Waals surface area (Å²) in [5.41, 5.74) is 1.87. The van der Waals surface area contributed by atoms with Gasteiger partial charge in [0.1, 0.15) is 5.82 Å². The van der Waals surface area contributed by atoms with Gasteiger partial charge in [0.05, 0.1) is 16.4 Å². The van der Waals surface area contributed by atoms with E-state index in [0.717, 1.165) is 23.1 Å². The Labute approximate surface area is 158 Å². The summed E-state index contributed by atoms with van der Waals surface area (Å²) in [5, 5.41) is 8.11. The summed E-state index contributed by atoms with van der Waals surface area (Å²) in [4.78, 5) is 9.42. The number of nitrogens with zero attached hydrogens (tertiary/aromatic N) is 2. The fourth-order valence-corrected chi connectivity index (χ4v) is 3.68. The van der Waals surface area contributed by atoms with E-state index in [0.29, 0.717) is 22.0 Å². The molecular formula is C19H22Cl2N4. The van der Waals surface area contributed by atoms with E-state index in [4.69, 9.17) is 28.2 Å². The largest absolute Gasteiger partial charge is 0.351 e. The van der Waals surface area contributed by atoms with Gasteiger partial charge in [-0.25, -0.2) is 4.98 Å². The molecule has 2 fully saturated rings. The maximum atomic E-state index is 6.28. The molecule has 132 valence electrons. The van der Waals surface area contributed by atoms with Crippen LogP contribution < -0.4 is 10.6 Å². The maximum Gasteiger partial charge on any atom is 0.225 e. The summed E-state index contributed by atoms with van der Waals surface area (Å²) in [6, 6.07) is 7.89. The highest BCUT2D eigenvalue weighted by Crippen LogP contribution is 2.40. The Bertz CT molecular complexity index is 755. The molecule has 0 saturated heterocycles. The molecule has 1 aromatic carbocycles. The molecule has 0 radical (unpaired) electrons. The Morgan fingerprint density at radius 1 is 0.920 bits per heavy atom. The molecule has 1 aromatic heterocycles. The van der Waals surface area contributed by atoms with Crippen LogP contribution in [0.5, 0.6) is 0 Å². The standard InChI is InChI=1S/C19H22Cl2N4/c20-13-8-9-15(21)17(10-13)23-18-11-16(12-6-7-12)24-19(25-18)22-14-4-2-1-3-5-14/h8-12,14H,1-7H2,(H2,22,23,24,25). The summed E-state index contributed by atoms with van der Waals surface area (Å²) < 4.78 is 0. The molecule has 25 heavy (non-hydrogen) atoms. The second-order valence-corrected chi connectivity index (χ2v) is 7.85. The molecule has 0 atom stereocenters. The van der Waals surface area contributed by atoms with Gasteiger partial charge >= 0.3 is 0 Å². The molecule has 4 rings (SSSR count). The molecule has 0 unspecified atom stereocenters. The minimum Gasteiger partial charge on any atom is -0.351 e. The van der Waals surface area contributed by atoms with Gasteiger partial charge in [0, 0.05) is 23.0 Å². The van der Waals surface area contributed by atoms with Crippen LogP contribution in [0.25, 0.3) is 0 Å². The first-order valence-electron chi connectivity index (χ1n) is 9.05. The van der Waals surface area contributed by atoms with Crippen LogP contribution >= 0.6 is 23.2 Å². The Morgan fingerprint density at radius 2 is 1.72 bits per heavy atom. The van der Waals surface area contributed by atoms with E-state index >= 15 is 0 Å². The van der Waals surface area contributed by atoms with Gasteiger partial charge in [-0.3, -0.25) is 0 Å². The van der Waals surface area contributed by atoms with Crippen molar-refractivity contribution in [3.8, 4) is 0 Å². The first kappa shape index (κ1) is 16.9. The third-order valence-corrected chi connectivity index (χ3v) is 5.44. The molecule has 0 bridgehead atoms. The maximum absolute atomic E-state index is 6.28. The Kier molecular flexibility index (Phi) is 5.00. The second-order valence-electron chi connectivity index (χ2n) is 7.00. The van der Waals surface area contributed by atoms with Crippen molar-refractivity contribution in [3.63, 3.8) is 0 Å². The predicted molar refractivity (Wildman–Crippen MR) is 104 cm³/mol. The van der Waals surface area contributed by atoms with Gasteiger partial charge in [-0.15, -0.1) is 0 Å². The van der Waals surface area contributed by atoms with Crippen molar-refractivity contribution in [1.29, 1.82) is 0 Å². The zero-order valence-corrected chi connectivity index (χ0v) is 15.6. The van der Waals surface area contributed by atoms with Crippen molar-refractivity contribution in [2.24, 2.45) is 0 Å². The van der Waals surface area contributed by atoms with Crippen molar-refractivity contribution in [2.75, 3.05) is 10.6 Å². The highest BCUT2D eigenvalue weighted by Gasteiger charge is 2.26. The lowest BCUT2D eigenvalue weighted by Gasteiger charge is -2.23. The van der Waals surface area contributed by atoms with Crippen LogP contribution in [0.3, 0.4) is 0 Å². The topological polar surface area (TPSA) is 49.8 Å². The first-order chi connectivity index (χ1) is 12.2. The first-order valence-corrected chi connectivity index (χ1v) is 9.80. The molecule has 0 spiro atoms. The van der Waals surface area contributed by atoms with E-state index in [9.17, 15) is 0 Å². The van der Waals surface area contributed by atoms with Crippen molar-refractivity contribution in [1.82, 2.24) is 9.97 Å². The lowest BCUT2D eigenvalue weighted by atomic mass is 9.96. The number of benzene rings is 1. The van der Waals surface area contributed by atoms with E-state index < -0.39 is 0 Å². The molecule has 2 saturated carbocycles. The normalized spacial score (nSPS) is 18.2. The van der Waals surface area contributed by atoms with Crippen LogP contribution in [0.1, 0.15) is 56.6 Å². The fourth-order valence-electron chi connectivity index (χ4n) is 3.34. The molecule has 2 aromatic rings. The highest BCUT2D eigenvalue weighted by atomic mass is 35.5. The molecular weight excluding hydrogens is 355 g/mol. The molecule has 1 heterocycles. The number of hydrogen-bond acceptors (Lipinski definition) is 4. The SMILES string of the molecule is Clc1ccc(Cl)c(Nc2cc(C3CC3)nc(NC3CCCCC3)n2)c1. The van der Waals surface area contributed by atoms with E-state index in [1.807, 2.05) is 12.1 Å². The van der Waals surface area contributed by atoms with Gasteiger partial charge in [0.25, 0.3) is 0 Å². The van der Waals surface area contributed by atoms with Gasteiger partial charge in [0.2, 0.25) is 5.95 Å². The quantitative estimate of drug-likeness (QED) is 0.656. The average Bonchev–Trinajstić information content (AvgIpc) is 3.44. The predicted octanol–water partition coefficient (Wildman–Crippen LogP) is 6.15. The molecule has 0 amide bonds. The van der Waals surface area contributed by atoms with Crippen LogP contribution in [0, 0.1) is 0 Å². The number of halogens is 2. The van der Waals surface area contributed by atoms with Gasteiger partial charge in [-0.05, 0) is 43.9 Å². The number of nitrogens with one attached hydrogen (secondary N) is 2. The summed E-state index contributed by atoms with van der Waals surface area (Å²) in [6.07, 6.45) is 8.70. The van der Waals surface area contributed by atoms with Crippen molar-refractivity contribution >= 4 is 40.7 Å². The average molecular weight is 377 g/mol. The number of rotatable bonds is 5. The lowest BCUT2D eigenvalue weighted by Crippen LogP contribution is -2.23. The van der Waals surface area contributed by atoms with Gasteiger partial charge in [0.15, 0.2) is 0 Å². The molecule has 6 heteroatoms. The highest BCUT2D eigenvalue weighted by molar-refractivity contribution is 6.35. The van der Waals surface area contributed by atoms with Crippen LogP contribution in [0.4, 0.5) is 17.5 Å². The summed E-state index contributed by atoms with van der Waals surface area (Å²) in [5.74, 6) is 2.04. The molecule has 2 N–H and O–H groups in total. The molecule has 0 aliphatic heterocycles. The Morgan fingerprint density at radius 3 is 2.48 bits per heavy atom. The summed E-state index contributed by atoms with van der Waals surface area (Å²) >= 11 is 12.4. The third-order valence-electron chi connectivity index (χ3n) is 4.87. The number of hydrogen-bond donors (Lipinski definition) is 2. The smallest absolute Gasteiger partial charge is 0.225 e. The van der Waals surface area contributed by atoms with E-state index in [2.05, 4.69) is 15.6 Å². The Hall–Kier alpha value is -1.52.